The standard InChI is InChI=1S/C12H15ClINO2/c1-12(2,6-13)7-15-11(17)8-3-4-9(14)10(16)5-8/h3-5,16H,6-7H2,1-2H3,(H,15,17). The molecule has 0 spiro atoms. The Morgan fingerprint density at radius 2 is 2.18 bits per heavy atom. The molecule has 0 aliphatic carbocycles. The zero-order valence-electron chi connectivity index (χ0n) is 9.76. The maximum absolute atomic E-state index is 11.8. The van der Waals surface area contributed by atoms with E-state index in [1.807, 2.05) is 36.4 Å². The summed E-state index contributed by atoms with van der Waals surface area (Å²) in [6, 6.07) is 4.85. The summed E-state index contributed by atoms with van der Waals surface area (Å²) < 4.78 is 0.722. The second-order valence-corrected chi connectivity index (χ2v) is 6.08. The molecule has 1 amide bonds. The molecule has 0 unspecified atom stereocenters. The minimum atomic E-state index is -0.199. The van der Waals surface area contributed by atoms with Crippen LogP contribution in [0.4, 0.5) is 0 Å². The van der Waals surface area contributed by atoms with Gasteiger partial charge in [0.05, 0.1) is 3.57 Å². The fourth-order valence-electron chi connectivity index (χ4n) is 1.12. The predicted octanol–water partition coefficient (Wildman–Crippen LogP) is 2.99. The number of hydrogen-bond donors (Lipinski definition) is 2. The Hall–Kier alpha value is -0.490. The van der Waals surface area contributed by atoms with Gasteiger partial charge in [0.2, 0.25) is 0 Å². The number of hydrogen-bond acceptors (Lipinski definition) is 2. The van der Waals surface area contributed by atoms with Crippen molar-refractivity contribution in [2.45, 2.75) is 13.8 Å². The van der Waals surface area contributed by atoms with E-state index in [1.54, 1.807) is 12.1 Å². The van der Waals surface area contributed by atoms with E-state index < -0.39 is 0 Å². The highest BCUT2D eigenvalue weighted by molar-refractivity contribution is 14.1. The van der Waals surface area contributed by atoms with Gasteiger partial charge in [0.15, 0.2) is 0 Å². The van der Waals surface area contributed by atoms with Crippen LogP contribution in [0, 0.1) is 8.99 Å². The van der Waals surface area contributed by atoms with Crippen molar-refractivity contribution in [2.24, 2.45) is 5.41 Å². The van der Waals surface area contributed by atoms with E-state index >= 15 is 0 Å². The lowest BCUT2D eigenvalue weighted by Crippen LogP contribution is -2.34. The van der Waals surface area contributed by atoms with E-state index in [0.717, 1.165) is 3.57 Å². The topological polar surface area (TPSA) is 49.3 Å². The van der Waals surface area contributed by atoms with E-state index in [9.17, 15) is 9.90 Å². The van der Waals surface area contributed by atoms with Gasteiger partial charge in [0.1, 0.15) is 5.75 Å². The molecule has 0 aliphatic heterocycles. The van der Waals surface area contributed by atoms with Crippen molar-refractivity contribution in [3.8, 4) is 5.75 Å². The lowest BCUT2D eigenvalue weighted by Gasteiger charge is -2.21. The highest BCUT2D eigenvalue weighted by Gasteiger charge is 2.18. The summed E-state index contributed by atoms with van der Waals surface area (Å²) in [6.45, 7) is 4.46. The number of carbonyl (C=O) groups is 1. The van der Waals surface area contributed by atoms with Gasteiger partial charge in [-0.15, -0.1) is 11.6 Å². The fraction of sp³-hybridized carbons (Fsp3) is 0.417. The number of nitrogens with one attached hydrogen (secondary N) is 1. The van der Waals surface area contributed by atoms with Gasteiger partial charge in [-0.1, -0.05) is 13.8 Å². The monoisotopic (exact) mass is 367 g/mol. The summed E-state index contributed by atoms with van der Waals surface area (Å²) in [7, 11) is 0. The Kier molecular flexibility index (Phi) is 5.06. The molecule has 0 aliphatic rings. The Morgan fingerprint density at radius 3 is 2.71 bits per heavy atom. The number of phenols is 1. The minimum absolute atomic E-state index is 0.120. The van der Waals surface area contributed by atoms with Gasteiger partial charge in [0.25, 0.3) is 5.91 Å². The number of halogens is 2. The highest BCUT2D eigenvalue weighted by atomic mass is 127. The Labute approximate surface area is 120 Å². The average molecular weight is 368 g/mol. The van der Waals surface area contributed by atoms with Gasteiger partial charge in [0, 0.05) is 18.0 Å². The highest BCUT2D eigenvalue weighted by Crippen LogP contribution is 2.21. The molecular weight excluding hydrogens is 352 g/mol. The molecule has 0 fully saturated rings. The number of amides is 1. The van der Waals surface area contributed by atoms with Crippen molar-refractivity contribution in [1.29, 1.82) is 0 Å². The third-order valence-corrected chi connectivity index (χ3v) is 3.93. The molecule has 0 aromatic heterocycles. The van der Waals surface area contributed by atoms with Crippen molar-refractivity contribution in [2.75, 3.05) is 12.4 Å². The van der Waals surface area contributed by atoms with Gasteiger partial charge in [-0.05, 0) is 46.2 Å². The first-order valence-electron chi connectivity index (χ1n) is 5.18. The van der Waals surface area contributed by atoms with Crippen LogP contribution in [-0.2, 0) is 0 Å². The number of alkyl halides is 1. The lowest BCUT2D eigenvalue weighted by atomic mass is 9.96. The first-order chi connectivity index (χ1) is 7.85. The second-order valence-electron chi connectivity index (χ2n) is 4.65. The maximum Gasteiger partial charge on any atom is 0.251 e. The minimum Gasteiger partial charge on any atom is -0.507 e. The van der Waals surface area contributed by atoms with Crippen LogP contribution in [0.1, 0.15) is 24.2 Å². The second kappa shape index (κ2) is 5.91. The van der Waals surface area contributed by atoms with Crippen LogP contribution < -0.4 is 5.32 Å². The van der Waals surface area contributed by atoms with Gasteiger partial charge in [-0.25, -0.2) is 0 Å². The molecule has 5 heteroatoms. The maximum atomic E-state index is 11.8. The molecule has 17 heavy (non-hydrogen) atoms. The van der Waals surface area contributed by atoms with E-state index in [4.69, 9.17) is 11.6 Å². The number of phenolic OH excluding ortho intramolecular Hbond substituents is 1. The van der Waals surface area contributed by atoms with E-state index in [1.165, 1.54) is 6.07 Å². The average Bonchev–Trinajstić information content (AvgIpc) is 2.30. The predicted molar refractivity (Wildman–Crippen MR) is 77.7 cm³/mol. The number of aromatic hydroxyl groups is 1. The van der Waals surface area contributed by atoms with E-state index in [0.29, 0.717) is 18.0 Å². The van der Waals surface area contributed by atoms with Crippen LogP contribution >= 0.6 is 34.2 Å². The van der Waals surface area contributed by atoms with Crippen LogP contribution in [0.15, 0.2) is 18.2 Å². The number of benzene rings is 1. The Bertz CT molecular complexity index is 421. The molecular formula is C12H15ClINO2. The van der Waals surface area contributed by atoms with Gasteiger partial charge < -0.3 is 10.4 Å². The molecule has 3 nitrogen and oxygen atoms in total. The quantitative estimate of drug-likeness (QED) is 0.635. The van der Waals surface area contributed by atoms with Gasteiger partial charge in [-0.2, -0.15) is 0 Å². The SMILES string of the molecule is CC(C)(CCl)CNC(=O)c1ccc(I)c(O)c1. The van der Waals surface area contributed by atoms with E-state index in [2.05, 4.69) is 5.32 Å². The Morgan fingerprint density at radius 1 is 1.53 bits per heavy atom. The number of carbonyl (C=O) groups excluding carboxylic acids is 1. The van der Waals surface area contributed by atoms with Crippen LogP contribution in [0.5, 0.6) is 5.75 Å². The van der Waals surface area contributed by atoms with Crippen LogP contribution in [0.3, 0.4) is 0 Å². The summed E-state index contributed by atoms with van der Waals surface area (Å²) in [4.78, 5) is 11.8. The summed E-state index contributed by atoms with van der Waals surface area (Å²) in [6.07, 6.45) is 0. The van der Waals surface area contributed by atoms with Crippen molar-refractivity contribution in [3.63, 3.8) is 0 Å². The largest absolute Gasteiger partial charge is 0.507 e. The Balaban J connectivity index is 2.68. The summed E-state index contributed by atoms with van der Waals surface area (Å²) in [5.41, 5.74) is 0.316. The number of rotatable bonds is 4. The molecule has 0 bridgehead atoms. The smallest absolute Gasteiger partial charge is 0.251 e. The normalized spacial score (nSPS) is 11.3. The van der Waals surface area contributed by atoms with Gasteiger partial charge >= 0.3 is 0 Å². The third-order valence-electron chi connectivity index (χ3n) is 2.30. The van der Waals surface area contributed by atoms with Crippen molar-refractivity contribution < 1.29 is 9.90 Å². The first-order valence-corrected chi connectivity index (χ1v) is 6.80. The van der Waals surface area contributed by atoms with E-state index in [-0.39, 0.29) is 17.1 Å². The zero-order valence-corrected chi connectivity index (χ0v) is 12.7. The molecule has 0 atom stereocenters. The van der Waals surface area contributed by atoms with Crippen molar-refractivity contribution in [3.05, 3.63) is 27.3 Å². The van der Waals surface area contributed by atoms with Crippen LogP contribution in [-0.4, -0.2) is 23.4 Å². The van der Waals surface area contributed by atoms with Crippen molar-refractivity contribution >= 4 is 40.1 Å². The molecule has 0 radical (unpaired) electrons. The molecule has 0 heterocycles. The summed E-state index contributed by atoms with van der Waals surface area (Å²) in [5.74, 6) is 0.398. The van der Waals surface area contributed by atoms with Gasteiger partial charge in [-0.3, -0.25) is 4.79 Å². The molecule has 0 saturated carbocycles. The third kappa shape index (κ3) is 4.35. The molecule has 2 N–H and O–H groups in total. The van der Waals surface area contributed by atoms with Crippen LogP contribution in [0.2, 0.25) is 0 Å². The molecule has 0 saturated heterocycles. The molecule has 1 aromatic carbocycles. The lowest BCUT2D eigenvalue weighted by molar-refractivity contribution is 0.0939. The van der Waals surface area contributed by atoms with Crippen LogP contribution in [0.25, 0.3) is 0 Å². The van der Waals surface area contributed by atoms with Crippen molar-refractivity contribution in [1.82, 2.24) is 5.32 Å². The summed E-state index contributed by atoms with van der Waals surface area (Å²) in [5, 5.41) is 12.3. The molecule has 1 aromatic rings. The molecule has 94 valence electrons. The fourth-order valence-corrected chi connectivity index (χ4v) is 1.55. The summed E-state index contributed by atoms with van der Waals surface area (Å²) >= 11 is 7.78. The molecule has 1 rings (SSSR count). The first kappa shape index (κ1) is 14.6. The zero-order chi connectivity index (χ0) is 13.1.